The first-order valence-electron chi connectivity index (χ1n) is 10.5. The molecule has 3 aromatic rings. The van der Waals surface area contributed by atoms with Gasteiger partial charge in [0.15, 0.2) is 6.61 Å². The summed E-state index contributed by atoms with van der Waals surface area (Å²) >= 11 is 3.47. The summed E-state index contributed by atoms with van der Waals surface area (Å²) in [5, 5.41) is 2.70. The number of esters is 1. The van der Waals surface area contributed by atoms with Gasteiger partial charge >= 0.3 is 5.97 Å². The molecular formula is C26H21BrN2O5. The first-order valence-corrected chi connectivity index (χ1v) is 11.3. The summed E-state index contributed by atoms with van der Waals surface area (Å²) in [4.78, 5) is 51.4. The van der Waals surface area contributed by atoms with Crippen LogP contribution in [0.3, 0.4) is 0 Å². The van der Waals surface area contributed by atoms with Crippen LogP contribution in [0.2, 0.25) is 0 Å². The van der Waals surface area contributed by atoms with E-state index in [1.165, 1.54) is 18.2 Å². The van der Waals surface area contributed by atoms with Gasteiger partial charge in [-0.2, -0.15) is 0 Å². The molecule has 1 aliphatic rings. The fourth-order valence-corrected chi connectivity index (χ4v) is 3.99. The minimum Gasteiger partial charge on any atom is -0.452 e. The number of hydrogen-bond donors (Lipinski definition) is 1. The van der Waals surface area contributed by atoms with Gasteiger partial charge in [-0.3, -0.25) is 19.3 Å². The van der Waals surface area contributed by atoms with E-state index in [0.29, 0.717) is 5.69 Å². The molecule has 172 valence electrons. The number of carbonyl (C=O) groups excluding carboxylic acids is 4. The Balaban J connectivity index is 1.40. The number of amides is 3. The number of nitrogens with one attached hydrogen (secondary N) is 1. The Bertz CT molecular complexity index is 1300. The Morgan fingerprint density at radius 3 is 2.24 bits per heavy atom. The molecule has 3 amide bonds. The van der Waals surface area contributed by atoms with Crippen molar-refractivity contribution >= 4 is 45.3 Å². The van der Waals surface area contributed by atoms with Crippen molar-refractivity contribution in [2.24, 2.45) is 0 Å². The lowest BCUT2D eigenvalue weighted by Gasteiger charge is -2.13. The van der Waals surface area contributed by atoms with Crippen molar-refractivity contribution in [1.29, 1.82) is 0 Å². The van der Waals surface area contributed by atoms with Crippen molar-refractivity contribution in [3.8, 4) is 0 Å². The first kappa shape index (κ1) is 23.4. The minimum atomic E-state index is -0.761. The van der Waals surface area contributed by atoms with E-state index in [4.69, 9.17) is 4.74 Å². The fraction of sp³-hybridized carbons (Fsp3) is 0.154. The van der Waals surface area contributed by atoms with Crippen LogP contribution in [0.1, 0.15) is 47.8 Å². The van der Waals surface area contributed by atoms with E-state index < -0.39 is 30.3 Å². The number of imide groups is 1. The monoisotopic (exact) mass is 520 g/mol. The molecule has 1 N–H and O–H groups in total. The molecule has 3 aromatic carbocycles. The number of aryl methyl sites for hydroxylation is 2. The van der Waals surface area contributed by atoms with Gasteiger partial charge in [0.2, 0.25) is 0 Å². The average Bonchev–Trinajstić information content (AvgIpc) is 3.06. The molecule has 0 fully saturated rings. The second-order valence-corrected chi connectivity index (χ2v) is 8.78. The molecule has 8 heteroatoms. The summed E-state index contributed by atoms with van der Waals surface area (Å²) in [6.45, 7) is 3.47. The van der Waals surface area contributed by atoms with Crippen LogP contribution in [0.15, 0.2) is 65.1 Å². The van der Waals surface area contributed by atoms with Crippen LogP contribution in [0, 0.1) is 13.8 Å². The predicted molar refractivity (Wildman–Crippen MR) is 130 cm³/mol. The Morgan fingerprint density at radius 1 is 0.912 bits per heavy atom. The number of halogens is 1. The Labute approximate surface area is 204 Å². The maximum Gasteiger partial charge on any atom is 0.338 e. The van der Waals surface area contributed by atoms with Crippen LogP contribution in [0.4, 0.5) is 5.69 Å². The zero-order chi connectivity index (χ0) is 24.4. The lowest BCUT2D eigenvalue weighted by molar-refractivity contribution is -0.119. The van der Waals surface area contributed by atoms with Crippen LogP contribution in [0.25, 0.3) is 0 Å². The molecule has 0 unspecified atom stereocenters. The van der Waals surface area contributed by atoms with Crippen LogP contribution in [-0.2, 0) is 16.1 Å². The second kappa shape index (κ2) is 9.61. The van der Waals surface area contributed by atoms with Gasteiger partial charge in [-0.1, -0.05) is 46.3 Å². The molecule has 1 heterocycles. The van der Waals surface area contributed by atoms with Gasteiger partial charge in [-0.25, -0.2) is 4.79 Å². The maximum atomic E-state index is 12.8. The van der Waals surface area contributed by atoms with Crippen LogP contribution >= 0.6 is 15.9 Å². The molecule has 0 saturated heterocycles. The van der Waals surface area contributed by atoms with Crippen molar-refractivity contribution in [2.75, 3.05) is 11.9 Å². The first-order chi connectivity index (χ1) is 16.2. The predicted octanol–water partition coefficient (Wildman–Crippen LogP) is 4.66. The Kier molecular flexibility index (Phi) is 6.61. The summed E-state index contributed by atoms with van der Waals surface area (Å²) in [7, 11) is 0. The van der Waals surface area contributed by atoms with Crippen LogP contribution in [0.5, 0.6) is 0 Å². The lowest BCUT2D eigenvalue weighted by Crippen LogP contribution is -2.29. The van der Waals surface area contributed by atoms with Crippen molar-refractivity contribution in [3.05, 3.63) is 98.5 Å². The van der Waals surface area contributed by atoms with Crippen molar-refractivity contribution < 1.29 is 23.9 Å². The molecule has 0 radical (unpaired) electrons. The van der Waals surface area contributed by atoms with E-state index in [2.05, 4.69) is 21.2 Å². The lowest BCUT2D eigenvalue weighted by atomic mass is 10.1. The largest absolute Gasteiger partial charge is 0.452 e. The molecule has 0 spiro atoms. The summed E-state index contributed by atoms with van der Waals surface area (Å²) in [6.07, 6.45) is 0. The number of ether oxygens (including phenoxy) is 1. The van der Waals surface area contributed by atoms with E-state index >= 15 is 0 Å². The molecule has 0 atom stereocenters. The zero-order valence-electron chi connectivity index (χ0n) is 18.6. The highest BCUT2D eigenvalue weighted by atomic mass is 79.9. The minimum absolute atomic E-state index is 0.0876. The second-order valence-electron chi connectivity index (χ2n) is 7.99. The molecule has 1 aliphatic heterocycles. The summed E-state index contributed by atoms with van der Waals surface area (Å²) < 4.78 is 6.08. The third-order valence-corrected chi connectivity index (χ3v) is 6.70. The molecule has 0 aromatic heterocycles. The van der Waals surface area contributed by atoms with Gasteiger partial charge in [0.25, 0.3) is 17.7 Å². The molecule has 0 saturated carbocycles. The highest BCUT2D eigenvalue weighted by Crippen LogP contribution is 2.27. The molecule has 0 aliphatic carbocycles. The molecule has 34 heavy (non-hydrogen) atoms. The van der Waals surface area contributed by atoms with Crippen LogP contribution in [-0.4, -0.2) is 35.2 Å². The average molecular weight is 521 g/mol. The fourth-order valence-electron chi connectivity index (χ4n) is 3.76. The highest BCUT2D eigenvalue weighted by molar-refractivity contribution is 9.10. The molecule has 4 rings (SSSR count). The molecular weight excluding hydrogens is 500 g/mol. The summed E-state index contributed by atoms with van der Waals surface area (Å²) in [5.41, 5.74) is 3.80. The number of hydrogen-bond acceptors (Lipinski definition) is 5. The number of benzene rings is 3. The van der Waals surface area contributed by atoms with E-state index in [-0.39, 0.29) is 23.2 Å². The van der Waals surface area contributed by atoms with Crippen LogP contribution < -0.4 is 5.32 Å². The highest BCUT2D eigenvalue weighted by Gasteiger charge is 2.36. The van der Waals surface area contributed by atoms with E-state index in [1.807, 2.05) is 44.2 Å². The topological polar surface area (TPSA) is 92.8 Å². The van der Waals surface area contributed by atoms with Gasteiger partial charge in [0.05, 0.1) is 23.2 Å². The van der Waals surface area contributed by atoms with Gasteiger partial charge in [-0.15, -0.1) is 0 Å². The third kappa shape index (κ3) is 4.77. The number of carbonyl (C=O) groups is 4. The number of fused-ring (bicyclic) bond motifs is 1. The van der Waals surface area contributed by atoms with E-state index in [1.54, 1.807) is 12.1 Å². The molecule has 0 bridgehead atoms. The van der Waals surface area contributed by atoms with Crippen molar-refractivity contribution in [3.63, 3.8) is 0 Å². The van der Waals surface area contributed by atoms with Gasteiger partial charge in [0.1, 0.15) is 0 Å². The SMILES string of the molecule is Cc1cc(NC(=O)COC(=O)c2ccc3c(c2)C(=O)N(Cc2ccccc2)C3=O)cc(C)c1Br. The Morgan fingerprint density at radius 2 is 1.56 bits per heavy atom. The van der Waals surface area contributed by atoms with Crippen molar-refractivity contribution in [1.82, 2.24) is 4.90 Å². The van der Waals surface area contributed by atoms with Gasteiger partial charge in [0, 0.05) is 10.2 Å². The Hall–Kier alpha value is -3.78. The standard InChI is InChI=1S/C26H21BrN2O5/c1-15-10-19(11-16(2)23(15)27)28-22(30)14-34-26(33)18-8-9-20-21(12-18)25(32)29(24(20)31)13-17-6-4-3-5-7-17/h3-12H,13-14H2,1-2H3,(H,28,30). The summed E-state index contributed by atoms with van der Waals surface area (Å²) in [5.74, 6) is -2.14. The summed E-state index contributed by atoms with van der Waals surface area (Å²) in [6, 6.07) is 17.0. The zero-order valence-corrected chi connectivity index (χ0v) is 20.1. The smallest absolute Gasteiger partial charge is 0.338 e. The number of anilines is 1. The maximum absolute atomic E-state index is 12.8. The van der Waals surface area contributed by atoms with E-state index in [0.717, 1.165) is 26.1 Å². The van der Waals surface area contributed by atoms with E-state index in [9.17, 15) is 19.2 Å². The van der Waals surface area contributed by atoms with Gasteiger partial charge in [-0.05, 0) is 60.9 Å². The van der Waals surface area contributed by atoms with Gasteiger partial charge < -0.3 is 10.1 Å². The normalized spacial score (nSPS) is 12.5. The van der Waals surface area contributed by atoms with Crippen molar-refractivity contribution in [2.45, 2.75) is 20.4 Å². The third-order valence-electron chi connectivity index (χ3n) is 5.44. The number of nitrogens with zero attached hydrogens (tertiary/aromatic N) is 1. The molecule has 7 nitrogen and oxygen atoms in total. The quantitative estimate of drug-likeness (QED) is 0.377. The number of rotatable bonds is 6.